The largest absolute Gasteiger partial charge is 0.383 e. The molecular formula is C18H21ClN4O2. The van der Waals surface area contributed by atoms with Gasteiger partial charge in [-0.1, -0.05) is 29.8 Å². The minimum atomic E-state index is -0.443. The van der Waals surface area contributed by atoms with Gasteiger partial charge in [-0.3, -0.25) is 15.0 Å². The van der Waals surface area contributed by atoms with Crippen molar-refractivity contribution in [2.75, 3.05) is 49.5 Å². The highest BCUT2D eigenvalue weighted by Gasteiger charge is 2.16. The molecule has 1 fully saturated rings. The highest BCUT2D eigenvalue weighted by Crippen LogP contribution is 2.26. The molecule has 0 saturated carbocycles. The van der Waals surface area contributed by atoms with Crippen LogP contribution in [-0.4, -0.2) is 49.1 Å². The fourth-order valence-corrected chi connectivity index (χ4v) is 3.22. The number of nitrogens with one attached hydrogen (secondary N) is 1. The van der Waals surface area contributed by atoms with E-state index in [9.17, 15) is 10.1 Å². The third-order valence-electron chi connectivity index (χ3n) is 4.40. The number of rotatable bonds is 6. The van der Waals surface area contributed by atoms with Crippen LogP contribution in [0, 0.1) is 10.1 Å². The molecule has 7 heteroatoms. The Labute approximate surface area is 152 Å². The molecule has 3 rings (SSSR count). The summed E-state index contributed by atoms with van der Waals surface area (Å²) in [6.07, 6.45) is 0. The number of nitro benzene ring substituents is 1. The molecule has 0 aliphatic carbocycles. The van der Waals surface area contributed by atoms with Crippen molar-refractivity contribution in [2.45, 2.75) is 0 Å². The number of nitro groups is 1. The molecule has 0 radical (unpaired) electrons. The van der Waals surface area contributed by atoms with Crippen molar-refractivity contribution < 1.29 is 4.92 Å². The molecule has 0 unspecified atom stereocenters. The van der Waals surface area contributed by atoms with Crippen molar-refractivity contribution in [3.8, 4) is 0 Å². The molecule has 0 spiro atoms. The Morgan fingerprint density at radius 2 is 1.80 bits per heavy atom. The number of hydrogen-bond acceptors (Lipinski definition) is 5. The highest BCUT2D eigenvalue weighted by molar-refractivity contribution is 6.33. The molecule has 2 aromatic carbocycles. The van der Waals surface area contributed by atoms with Gasteiger partial charge in [0.2, 0.25) is 0 Å². The number of nitrogens with zero attached hydrogens (tertiary/aromatic N) is 3. The summed E-state index contributed by atoms with van der Waals surface area (Å²) < 4.78 is 0. The van der Waals surface area contributed by atoms with Crippen molar-refractivity contribution in [2.24, 2.45) is 0 Å². The lowest BCUT2D eigenvalue weighted by atomic mass is 10.2. The van der Waals surface area contributed by atoms with E-state index in [0.29, 0.717) is 5.02 Å². The molecule has 1 saturated heterocycles. The fourth-order valence-electron chi connectivity index (χ4n) is 2.98. The number of benzene rings is 2. The Hall–Kier alpha value is -2.31. The van der Waals surface area contributed by atoms with Gasteiger partial charge in [0.15, 0.2) is 0 Å². The molecule has 25 heavy (non-hydrogen) atoms. The van der Waals surface area contributed by atoms with E-state index in [-0.39, 0.29) is 5.69 Å². The van der Waals surface area contributed by atoms with Gasteiger partial charge in [0.25, 0.3) is 5.69 Å². The third-order valence-corrected chi connectivity index (χ3v) is 4.71. The first-order valence-corrected chi connectivity index (χ1v) is 8.71. The Bertz CT molecular complexity index is 718. The predicted octanol–water partition coefficient (Wildman–Crippen LogP) is 3.48. The Balaban J connectivity index is 1.44. The second-order valence-electron chi connectivity index (χ2n) is 6.01. The molecule has 0 amide bonds. The summed E-state index contributed by atoms with van der Waals surface area (Å²) in [5.74, 6) is 0. The molecule has 0 bridgehead atoms. The quantitative estimate of drug-likeness (QED) is 0.631. The zero-order valence-corrected chi connectivity index (χ0v) is 14.7. The maximum Gasteiger partial charge on any atom is 0.271 e. The summed E-state index contributed by atoms with van der Waals surface area (Å²) in [6, 6.07) is 15.0. The molecule has 2 aromatic rings. The molecule has 0 atom stereocenters. The van der Waals surface area contributed by atoms with Gasteiger partial charge < -0.3 is 10.2 Å². The number of para-hydroxylation sites is 1. The molecule has 1 aliphatic heterocycles. The summed E-state index contributed by atoms with van der Waals surface area (Å²) in [5, 5.41) is 14.4. The van der Waals surface area contributed by atoms with Crippen LogP contribution in [0.1, 0.15) is 0 Å². The maximum absolute atomic E-state index is 10.7. The van der Waals surface area contributed by atoms with E-state index in [1.165, 1.54) is 17.8 Å². The van der Waals surface area contributed by atoms with Gasteiger partial charge in [-0.25, -0.2) is 0 Å². The average Bonchev–Trinajstić information content (AvgIpc) is 2.64. The predicted molar refractivity (Wildman–Crippen MR) is 102 cm³/mol. The zero-order chi connectivity index (χ0) is 17.6. The summed E-state index contributed by atoms with van der Waals surface area (Å²) in [6.45, 7) is 5.73. The van der Waals surface area contributed by atoms with Crippen LogP contribution in [0.25, 0.3) is 0 Å². The van der Waals surface area contributed by atoms with Crippen LogP contribution in [-0.2, 0) is 0 Å². The van der Waals surface area contributed by atoms with Crippen LogP contribution in [0.4, 0.5) is 17.1 Å². The fraction of sp³-hybridized carbons (Fsp3) is 0.333. The van der Waals surface area contributed by atoms with E-state index in [0.717, 1.165) is 45.0 Å². The summed E-state index contributed by atoms with van der Waals surface area (Å²) in [7, 11) is 0. The van der Waals surface area contributed by atoms with E-state index < -0.39 is 4.92 Å². The Kier molecular flexibility index (Phi) is 5.73. The zero-order valence-electron chi connectivity index (χ0n) is 13.9. The molecule has 1 aliphatic rings. The van der Waals surface area contributed by atoms with E-state index in [1.807, 2.05) is 6.07 Å². The van der Waals surface area contributed by atoms with Crippen molar-refractivity contribution in [1.82, 2.24) is 4.90 Å². The van der Waals surface area contributed by atoms with E-state index in [2.05, 4.69) is 39.4 Å². The van der Waals surface area contributed by atoms with Crippen molar-refractivity contribution in [3.63, 3.8) is 0 Å². The minimum Gasteiger partial charge on any atom is -0.383 e. The number of halogens is 1. The summed E-state index contributed by atoms with van der Waals surface area (Å²) in [4.78, 5) is 15.1. The van der Waals surface area contributed by atoms with Crippen LogP contribution >= 0.6 is 11.6 Å². The first-order valence-electron chi connectivity index (χ1n) is 8.33. The van der Waals surface area contributed by atoms with Crippen molar-refractivity contribution >= 4 is 28.7 Å². The van der Waals surface area contributed by atoms with Gasteiger partial charge in [0, 0.05) is 57.1 Å². The van der Waals surface area contributed by atoms with Gasteiger partial charge in [-0.05, 0) is 18.2 Å². The number of anilines is 2. The molecule has 1 N–H and O–H groups in total. The normalized spacial score (nSPS) is 15.2. The molecular weight excluding hydrogens is 340 g/mol. The Morgan fingerprint density at radius 3 is 2.44 bits per heavy atom. The lowest BCUT2D eigenvalue weighted by molar-refractivity contribution is -0.384. The van der Waals surface area contributed by atoms with Gasteiger partial charge in [0.05, 0.1) is 15.6 Å². The molecule has 1 heterocycles. The van der Waals surface area contributed by atoms with Crippen molar-refractivity contribution in [1.29, 1.82) is 0 Å². The van der Waals surface area contributed by atoms with E-state index in [4.69, 9.17) is 11.6 Å². The highest BCUT2D eigenvalue weighted by atomic mass is 35.5. The first-order chi connectivity index (χ1) is 12.1. The summed E-state index contributed by atoms with van der Waals surface area (Å²) in [5.41, 5.74) is 2.01. The maximum atomic E-state index is 10.7. The monoisotopic (exact) mass is 360 g/mol. The molecule has 132 valence electrons. The van der Waals surface area contributed by atoms with Crippen molar-refractivity contribution in [3.05, 3.63) is 63.7 Å². The Morgan fingerprint density at radius 1 is 1.08 bits per heavy atom. The van der Waals surface area contributed by atoms with Gasteiger partial charge in [0.1, 0.15) is 0 Å². The first kappa shape index (κ1) is 17.5. The lowest BCUT2D eigenvalue weighted by Gasteiger charge is -2.36. The van der Waals surface area contributed by atoms with Crippen LogP contribution in [0.15, 0.2) is 48.5 Å². The average molecular weight is 361 g/mol. The number of hydrogen-bond donors (Lipinski definition) is 1. The van der Waals surface area contributed by atoms with Crippen LogP contribution in [0.5, 0.6) is 0 Å². The standard InChI is InChI=1S/C18H21ClN4O2/c19-17-14-16(23(24)25)6-7-18(17)20-8-9-21-10-12-22(13-11-21)15-4-2-1-3-5-15/h1-7,14,20H,8-13H2. The van der Waals surface area contributed by atoms with Crippen LogP contribution < -0.4 is 10.2 Å². The topological polar surface area (TPSA) is 61.7 Å². The minimum absolute atomic E-state index is 0.00702. The van der Waals surface area contributed by atoms with Crippen LogP contribution in [0.3, 0.4) is 0 Å². The summed E-state index contributed by atoms with van der Waals surface area (Å²) >= 11 is 6.09. The van der Waals surface area contributed by atoms with E-state index >= 15 is 0 Å². The second kappa shape index (κ2) is 8.18. The third kappa shape index (κ3) is 4.61. The number of piperazine rings is 1. The number of non-ortho nitro benzene ring substituents is 1. The van der Waals surface area contributed by atoms with Gasteiger partial charge in [-0.2, -0.15) is 0 Å². The van der Waals surface area contributed by atoms with E-state index in [1.54, 1.807) is 6.07 Å². The SMILES string of the molecule is O=[N+]([O-])c1ccc(NCCN2CCN(c3ccccc3)CC2)c(Cl)c1. The second-order valence-corrected chi connectivity index (χ2v) is 6.42. The molecule has 6 nitrogen and oxygen atoms in total. The molecule has 0 aromatic heterocycles. The van der Waals surface area contributed by atoms with Crippen LogP contribution in [0.2, 0.25) is 5.02 Å². The van der Waals surface area contributed by atoms with Gasteiger partial charge >= 0.3 is 0 Å². The van der Waals surface area contributed by atoms with Gasteiger partial charge in [-0.15, -0.1) is 0 Å². The smallest absolute Gasteiger partial charge is 0.271 e. The lowest BCUT2D eigenvalue weighted by Crippen LogP contribution is -2.47.